The van der Waals surface area contributed by atoms with Gasteiger partial charge in [0.05, 0.1) is 24.5 Å². The summed E-state index contributed by atoms with van der Waals surface area (Å²) >= 11 is 0. The average molecular weight is 479 g/mol. The molecule has 1 heterocycles. The molecule has 1 aliphatic heterocycles. The zero-order valence-corrected chi connectivity index (χ0v) is 19.7. The largest absolute Gasteiger partial charge is 0.481 e. The molecule has 35 heavy (non-hydrogen) atoms. The normalized spacial score (nSPS) is 24.7. The van der Waals surface area contributed by atoms with Gasteiger partial charge >= 0.3 is 12.1 Å². The highest BCUT2D eigenvalue weighted by atomic mass is 16.5. The molecule has 184 valence electrons. The summed E-state index contributed by atoms with van der Waals surface area (Å²) in [7, 11) is 1.73. The Morgan fingerprint density at radius 1 is 1.00 bits per heavy atom. The van der Waals surface area contributed by atoms with Crippen molar-refractivity contribution in [2.45, 2.75) is 37.3 Å². The van der Waals surface area contributed by atoms with Crippen LogP contribution in [-0.2, 0) is 19.1 Å². The molecule has 3 aliphatic rings. The van der Waals surface area contributed by atoms with E-state index >= 15 is 0 Å². The van der Waals surface area contributed by atoms with E-state index in [0.717, 1.165) is 11.1 Å². The van der Waals surface area contributed by atoms with Crippen LogP contribution in [0.2, 0.25) is 0 Å². The number of hydrogen-bond acceptors (Lipinski definition) is 5. The van der Waals surface area contributed by atoms with Gasteiger partial charge in [0.1, 0.15) is 6.61 Å². The molecule has 2 aliphatic carbocycles. The number of ether oxygens (including phenoxy) is 2. The minimum atomic E-state index is -0.800. The molecule has 2 atom stereocenters. The van der Waals surface area contributed by atoms with Crippen molar-refractivity contribution in [2.24, 2.45) is 11.8 Å². The number of benzene rings is 2. The lowest BCUT2D eigenvalue weighted by Gasteiger charge is -2.39. The second-order valence-electron chi connectivity index (χ2n) is 9.70. The van der Waals surface area contributed by atoms with Gasteiger partial charge in [-0.05, 0) is 41.5 Å². The van der Waals surface area contributed by atoms with Crippen molar-refractivity contribution in [2.75, 3.05) is 26.8 Å². The van der Waals surface area contributed by atoms with Crippen LogP contribution in [0.3, 0.4) is 0 Å². The highest BCUT2D eigenvalue weighted by Crippen LogP contribution is 2.44. The van der Waals surface area contributed by atoms with Crippen molar-refractivity contribution in [3.05, 3.63) is 59.7 Å². The van der Waals surface area contributed by atoms with Gasteiger partial charge in [-0.2, -0.15) is 0 Å². The van der Waals surface area contributed by atoms with E-state index in [1.807, 2.05) is 24.3 Å². The first-order valence-electron chi connectivity index (χ1n) is 12.1. The predicted octanol–water partition coefficient (Wildman–Crippen LogP) is 3.25. The Hall–Kier alpha value is -3.39. The van der Waals surface area contributed by atoms with Crippen LogP contribution < -0.4 is 5.32 Å². The Labute approximate surface area is 204 Å². The number of carboxylic acid groups (broad SMARTS) is 1. The number of alkyl carbamates (subject to hydrolysis) is 1. The zero-order chi connectivity index (χ0) is 24.5. The van der Waals surface area contributed by atoms with Gasteiger partial charge in [-0.3, -0.25) is 9.59 Å². The van der Waals surface area contributed by atoms with E-state index in [0.29, 0.717) is 25.9 Å². The number of carbonyl (C=O) groups is 3. The third kappa shape index (κ3) is 4.62. The van der Waals surface area contributed by atoms with E-state index in [2.05, 4.69) is 29.6 Å². The number of hydrogen-bond donors (Lipinski definition) is 2. The van der Waals surface area contributed by atoms with Crippen LogP contribution in [0.4, 0.5) is 4.79 Å². The molecule has 2 fully saturated rings. The number of aliphatic carboxylic acids is 1. The van der Waals surface area contributed by atoms with Crippen LogP contribution in [-0.4, -0.2) is 66.9 Å². The minimum Gasteiger partial charge on any atom is -0.481 e. The number of rotatable bonds is 7. The Kier molecular flexibility index (Phi) is 6.47. The maximum atomic E-state index is 12.8. The second-order valence-corrected chi connectivity index (χ2v) is 9.70. The lowest BCUT2D eigenvalue weighted by molar-refractivity contribution is -0.151. The van der Waals surface area contributed by atoms with Gasteiger partial charge < -0.3 is 24.8 Å². The van der Waals surface area contributed by atoms with Gasteiger partial charge in [-0.25, -0.2) is 4.79 Å². The summed E-state index contributed by atoms with van der Waals surface area (Å²) in [5.74, 6) is -1.46. The summed E-state index contributed by atoms with van der Waals surface area (Å²) in [5, 5.41) is 11.8. The standard InChI is InChI=1S/C27H30N2O6/c1-29(18-10-16(11-18)26(31)32)25(30)17-12-19(34-14-17)13-28-27(33)35-15-24-22-8-4-2-6-20(22)21-7-3-5-9-23(21)24/h2-9,16-19,24H,10-15H2,1H3,(H,28,33)(H,31,32)/t16?,17-,18?,19-/m0/s1. The van der Waals surface area contributed by atoms with Gasteiger partial charge in [0.15, 0.2) is 0 Å². The lowest BCUT2D eigenvalue weighted by Crippen LogP contribution is -2.49. The summed E-state index contributed by atoms with van der Waals surface area (Å²) in [6.45, 7) is 0.819. The predicted molar refractivity (Wildman–Crippen MR) is 128 cm³/mol. The molecule has 8 heteroatoms. The smallest absolute Gasteiger partial charge is 0.407 e. The zero-order valence-electron chi connectivity index (χ0n) is 19.7. The quantitative estimate of drug-likeness (QED) is 0.633. The molecule has 2 N–H and O–H groups in total. The molecule has 0 unspecified atom stereocenters. The van der Waals surface area contributed by atoms with Crippen molar-refractivity contribution < 1.29 is 29.0 Å². The van der Waals surface area contributed by atoms with Crippen molar-refractivity contribution in [3.8, 4) is 11.1 Å². The van der Waals surface area contributed by atoms with E-state index < -0.39 is 12.1 Å². The number of carboxylic acids is 1. The van der Waals surface area contributed by atoms with Crippen molar-refractivity contribution in [1.29, 1.82) is 0 Å². The van der Waals surface area contributed by atoms with E-state index in [9.17, 15) is 14.4 Å². The second kappa shape index (κ2) is 9.70. The number of nitrogens with zero attached hydrogens (tertiary/aromatic N) is 1. The molecule has 1 saturated carbocycles. The minimum absolute atomic E-state index is 0.000602. The van der Waals surface area contributed by atoms with Crippen molar-refractivity contribution in [1.82, 2.24) is 10.2 Å². The molecule has 0 aromatic heterocycles. The fourth-order valence-corrected chi connectivity index (χ4v) is 5.44. The van der Waals surface area contributed by atoms with Crippen LogP contribution in [0.1, 0.15) is 36.3 Å². The van der Waals surface area contributed by atoms with E-state index in [-0.39, 0.29) is 49.0 Å². The Morgan fingerprint density at radius 2 is 1.63 bits per heavy atom. The molecule has 0 spiro atoms. The Bertz CT molecular complexity index is 1080. The van der Waals surface area contributed by atoms with E-state index in [1.54, 1.807) is 11.9 Å². The lowest BCUT2D eigenvalue weighted by atomic mass is 9.79. The molecule has 5 rings (SSSR count). The van der Waals surface area contributed by atoms with Crippen molar-refractivity contribution >= 4 is 18.0 Å². The van der Waals surface area contributed by atoms with Gasteiger partial charge in [0, 0.05) is 25.6 Å². The Balaban J connectivity index is 1.08. The maximum Gasteiger partial charge on any atom is 0.407 e. The first-order chi connectivity index (χ1) is 16.9. The summed E-state index contributed by atoms with van der Waals surface area (Å²) in [5.41, 5.74) is 4.68. The maximum absolute atomic E-state index is 12.8. The third-order valence-electron chi connectivity index (χ3n) is 7.61. The molecule has 0 radical (unpaired) electrons. The van der Waals surface area contributed by atoms with Crippen LogP contribution in [0.15, 0.2) is 48.5 Å². The molecule has 1 saturated heterocycles. The molecule has 2 aromatic rings. The number of amides is 2. The summed E-state index contributed by atoms with van der Waals surface area (Å²) in [6, 6.07) is 16.3. The monoisotopic (exact) mass is 478 g/mol. The SMILES string of the molecule is CN(C(=O)[C@@H]1CO[C@H](CNC(=O)OCC2c3ccccc3-c3ccccc32)C1)C1CC(C(=O)O)C1. The number of fused-ring (bicyclic) bond motifs is 3. The van der Waals surface area contributed by atoms with E-state index in [1.165, 1.54) is 11.1 Å². The van der Waals surface area contributed by atoms with Crippen LogP contribution >= 0.6 is 0 Å². The van der Waals surface area contributed by atoms with Gasteiger partial charge in [0.2, 0.25) is 5.91 Å². The summed E-state index contributed by atoms with van der Waals surface area (Å²) in [6.07, 6.45) is 0.750. The van der Waals surface area contributed by atoms with Gasteiger partial charge in [-0.1, -0.05) is 48.5 Å². The highest BCUT2D eigenvalue weighted by molar-refractivity contribution is 5.80. The van der Waals surface area contributed by atoms with Crippen LogP contribution in [0.5, 0.6) is 0 Å². The van der Waals surface area contributed by atoms with E-state index in [4.69, 9.17) is 14.6 Å². The third-order valence-corrected chi connectivity index (χ3v) is 7.61. The fourth-order valence-electron chi connectivity index (χ4n) is 5.44. The Morgan fingerprint density at radius 3 is 2.26 bits per heavy atom. The fraction of sp³-hybridized carbons (Fsp3) is 0.444. The molecular weight excluding hydrogens is 448 g/mol. The number of nitrogens with one attached hydrogen (secondary N) is 1. The average Bonchev–Trinajstić information content (AvgIpc) is 3.42. The van der Waals surface area contributed by atoms with Crippen molar-refractivity contribution in [3.63, 3.8) is 0 Å². The van der Waals surface area contributed by atoms with Crippen LogP contribution in [0, 0.1) is 11.8 Å². The van der Waals surface area contributed by atoms with Crippen LogP contribution in [0.25, 0.3) is 11.1 Å². The van der Waals surface area contributed by atoms with Gasteiger partial charge in [-0.15, -0.1) is 0 Å². The molecule has 2 amide bonds. The number of carbonyl (C=O) groups excluding carboxylic acids is 2. The first kappa shape index (κ1) is 23.4. The van der Waals surface area contributed by atoms with Gasteiger partial charge in [0.25, 0.3) is 0 Å². The molecular formula is C27H30N2O6. The first-order valence-corrected chi connectivity index (χ1v) is 12.1. The molecule has 8 nitrogen and oxygen atoms in total. The highest BCUT2D eigenvalue weighted by Gasteiger charge is 2.41. The molecule has 2 aromatic carbocycles. The topological polar surface area (TPSA) is 105 Å². The summed E-state index contributed by atoms with van der Waals surface area (Å²) in [4.78, 5) is 37.9. The molecule has 0 bridgehead atoms. The summed E-state index contributed by atoms with van der Waals surface area (Å²) < 4.78 is 11.3.